The van der Waals surface area contributed by atoms with E-state index >= 15 is 0 Å². The van der Waals surface area contributed by atoms with Crippen molar-refractivity contribution < 1.29 is 9.36 Å². The van der Waals surface area contributed by atoms with E-state index < -0.39 is 0 Å². The van der Waals surface area contributed by atoms with Crippen LogP contribution >= 0.6 is 0 Å². The number of carbonyl (C=O) groups excluding carboxylic acids is 1. The van der Waals surface area contributed by atoms with E-state index in [4.69, 9.17) is 0 Å². The lowest BCUT2D eigenvalue weighted by Crippen LogP contribution is -2.33. The van der Waals surface area contributed by atoms with Gasteiger partial charge in [-0.3, -0.25) is 9.78 Å². The number of nitrogens with one attached hydrogen (secondary N) is 1. The SMILES string of the molecule is CC(=NNC(=O)CCC[n+]1ccccc1)c1cccnc1. The van der Waals surface area contributed by atoms with Crippen LogP contribution in [0.3, 0.4) is 0 Å². The third-order valence-corrected chi connectivity index (χ3v) is 3.03. The van der Waals surface area contributed by atoms with Gasteiger partial charge in [0.05, 0.1) is 5.71 Å². The number of hydrogen-bond donors (Lipinski definition) is 1. The van der Waals surface area contributed by atoms with Crippen molar-refractivity contribution in [3.63, 3.8) is 0 Å². The molecule has 5 heteroatoms. The molecule has 0 aromatic carbocycles. The van der Waals surface area contributed by atoms with Gasteiger partial charge < -0.3 is 0 Å². The number of nitrogens with zero attached hydrogens (tertiary/aromatic N) is 3. The fourth-order valence-electron chi connectivity index (χ4n) is 1.85. The summed E-state index contributed by atoms with van der Waals surface area (Å²) in [5.41, 5.74) is 4.22. The van der Waals surface area contributed by atoms with Crippen LogP contribution in [0.2, 0.25) is 0 Å². The second kappa shape index (κ2) is 7.89. The molecule has 2 heterocycles. The van der Waals surface area contributed by atoms with E-state index in [0.717, 1.165) is 24.2 Å². The molecule has 5 nitrogen and oxygen atoms in total. The maximum absolute atomic E-state index is 11.7. The van der Waals surface area contributed by atoms with E-state index in [1.807, 2.05) is 49.6 Å². The summed E-state index contributed by atoms with van der Waals surface area (Å²) in [6, 6.07) is 9.67. The van der Waals surface area contributed by atoms with Gasteiger partial charge in [-0.05, 0) is 13.0 Å². The number of hydrazone groups is 1. The minimum Gasteiger partial charge on any atom is -0.273 e. The van der Waals surface area contributed by atoms with Gasteiger partial charge in [0, 0.05) is 42.9 Å². The van der Waals surface area contributed by atoms with Crippen LogP contribution in [-0.2, 0) is 11.3 Å². The van der Waals surface area contributed by atoms with Crippen molar-refractivity contribution in [3.8, 4) is 0 Å². The van der Waals surface area contributed by atoms with E-state index in [1.165, 1.54) is 0 Å². The van der Waals surface area contributed by atoms with E-state index in [1.54, 1.807) is 12.4 Å². The Morgan fingerprint density at radius 1 is 1.29 bits per heavy atom. The van der Waals surface area contributed by atoms with Crippen molar-refractivity contribution in [1.29, 1.82) is 0 Å². The molecule has 108 valence electrons. The van der Waals surface area contributed by atoms with E-state index in [2.05, 4.69) is 20.1 Å². The normalized spacial score (nSPS) is 11.2. The quantitative estimate of drug-likeness (QED) is 0.498. The largest absolute Gasteiger partial charge is 0.273 e. The van der Waals surface area contributed by atoms with E-state index in [9.17, 15) is 4.79 Å². The maximum atomic E-state index is 11.7. The van der Waals surface area contributed by atoms with Crippen LogP contribution in [0.1, 0.15) is 25.3 Å². The van der Waals surface area contributed by atoms with E-state index in [-0.39, 0.29) is 5.91 Å². The van der Waals surface area contributed by atoms with Gasteiger partial charge >= 0.3 is 0 Å². The van der Waals surface area contributed by atoms with Gasteiger partial charge in [0.15, 0.2) is 12.4 Å². The fourth-order valence-corrected chi connectivity index (χ4v) is 1.85. The smallest absolute Gasteiger partial charge is 0.240 e. The van der Waals surface area contributed by atoms with Gasteiger partial charge in [0.1, 0.15) is 6.54 Å². The number of amides is 1. The first-order valence-electron chi connectivity index (χ1n) is 6.93. The van der Waals surface area contributed by atoms with Crippen LogP contribution in [-0.4, -0.2) is 16.6 Å². The Morgan fingerprint density at radius 3 is 2.81 bits per heavy atom. The molecule has 0 aliphatic rings. The van der Waals surface area contributed by atoms with Crippen molar-refractivity contribution in [1.82, 2.24) is 10.4 Å². The summed E-state index contributed by atoms with van der Waals surface area (Å²) in [5, 5.41) is 4.09. The molecule has 2 aromatic rings. The Balaban J connectivity index is 1.75. The number of rotatable bonds is 6. The number of aromatic nitrogens is 2. The molecule has 21 heavy (non-hydrogen) atoms. The molecule has 0 aliphatic heterocycles. The molecule has 0 bridgehead atoms. The molecule has 0 radical (unpaired) electrons. The number of carbonyl (C=O) groups is 1. The Bertz CT molecular complexity index is 596. The predicted molar refractivity (Wildman–Crippen MR) is 80.5 cm³/mol. The van der Waals surface area contributed by atoms with Crippen LogP contribution in [0, 0.1) is 0 Å². The molecule has 1 amide bonds. The summed E-state index contributed by atoms with van der Waals surface area (Å²) >= 11 is 0. The average Bonchev–Trinajstić information content (AvgIpc) is 2.54. The summed E-state index contributed by atoms with van der Waals surface area (Å²) < 4.78 is 2.05. The van der Waals surface area contributed by atoms with Crippen molar-refractivity contribution >= 4 is 11.6 Å². The third kappa shape index (κ3) is 5.14. The molecule has 0 unspecified atom stereocenters. The van der Waals surface area contributed by atoms with Gasteiger partial charge in [-0.15, -0.1) is 0 Å². The third-order valence-electron chi connectivity index (χ3n) is 3.03. The highest BCUT2D eigenvalue weighted by Crippen LogP contribution is 1.98. The monoisotopic (exact) mass is 283 g/mol. The Morgan fingerprint density at radius 2 is 2.10 bits per heavy atom. The van der Waals surface area contributed by atoms with Crippen LogP contribution in [0.15, 0.2) is 60.2 Å². The second-order valence-corrected chi connectivity index (χ2v) is 4.69. The first-order valence-corrected chi connectivity index (χ1v) is 6.93. The highest BCUT2D eigenvalue weighted by atomic mass is 16.2. The molecule has 0 atom stereocenters. The number of hydrogen-bond acceptors (Lipinski definition) is 3. The lowest BCUT2D eigenvalue weighted by Gasteiger charge is -2.02. The highest BCUT2D eigenvalue weighted by Gasteiger charge is 2.04. The molecule has 2 aromatic heterocycles. The Labute approximate surface area is 124 Å². The van der Waals surface area contributed by atoms with Gasteiger partial charge in [0.25, 0.3) is 0 Å². The molecule has 0 aliphatic carbocycles. The van der Waals surface area contributed by atoms with Gasteiger partial charge in [-0.1, -0.05) is 12.1 Å². The maximum Gasteiger partial charge on any atom is 0.240 e. The van der Waals surface area contributed by atoms with Crippen molar-refractivity contribution in [2.24, 2.45) is 5.10 Å². The molecule has 2 rings (SSSR count). The fraction of sp³-hybridized carbons (Fsp3) is 0.250. The lowest BCUT2D eigenvalue weighted by atomic mass is 10.2. The van der Waals surface area contributed by atoms with Crippen molar-refractivity contribution in [3.05, 3.63) is 60.7 Å². The summed E-state index contributed by atoms with van der Waals surface area (Å²) in [5.74, 6) is -0.0743. The first kappa shape index (κ1) is 14.8. The molecular weight excluding hydrogens is 264 g/mol. The standard InChI is InChI=1S/C16H18N4O/c1-14(15-7-5-9-17-13-15)18-19-16(21)8-6-12-20-10-3-2-4-11-20/h2-5,7,9-11,13H,6,8,12H2,1H3/p+1. The van der Waals surface area contributed by atoms with Crippen LogP contribution in [0.5, 0.6) is 0 Å². The topological polar surface area (TPSA) is 58.2 Å². The molecular formula is C16H19N4O+. The highest BCUT2D eigenvalue weighted by molar-refractivity contribution is 5.98. The van der Waals surface area contributed by atoms with Gasteiger partial charge in [-0.25, -0.2) is 9.99 Å². The average molecular weight is 283 g/mol. The Hall–Kier alpha value is -2.56. The van der Waals surface area contributed by atoms with Gasteiger partial charge in [-0.2, -0.15) is 5.10 Å². The zero-order valence-electron chi connectivity index (χ0n) is 12.1. The van der Waals surface area contributed by atoms with Crippen molar-refractivity contribution in [2.45, 2.75) is 26.3 Å². The molecule has 0 spiro atoms. The summed E-state index contributed by atoms with van der Waals surface area (Å²) in [4.78, 5) is 15.7. The lowest BCUT2D eigenvalue weighted by molar-refractivity contribution is -0.697. The molecule has 0 saturated carbocycles. The molecule has 0 fully saturated rings. The first-order chi connectivity index (χ1) is 10.3. The summed E-state index contributed by atoms with van der Waals surface area (Å²) in [7, 11) is 0. The minimum atomic E-state index is -0.0743. The number of aryl methyl sites for hydroxylation is 1. The van der Waals surface area contributed by atoms with Crippen LogP contribution in [0.25, 0.3) is 0 Å². The summed E-state index contributed by atoms with van der Waals surface area (Å²) in [6.45, 7) is 2.66. The molecule has 1 N–H and O–H groups in total. The zero-order valence-corrected chi connectivity index (χ0v) is 12.1. The second-order valence-electron chi connectivity index (χ2n) is 4.69. The minimum absolute atomic E-state index is 0.0743. The summed E-state index contributed by atoms with van der Waals surface area (Å²) in [6.07, 6.45) is 8.63. The van der Waals surface area contributed by atoms with Crippen LogP contribution < -0.4 is 9.99 Å². The van der Waals surface area contributed by atoms with E-state index in [0.29, 0.717) is 6.42 Å². The Kier molecular flexibility index (Phi) is 5.58. The zero-order chi connectivity index (χ0) is 14.9. The number of pyridine rings is 2. The van der Waals surface area contributed by atoms with Gasteiger partial charge in [0.2, 0.25) is 5.91 Å². The predicted octanol–water partition coefficient (Wildman–Crippen LogP) is 1.69. The van der Waals surface area contributed by atoms with Crippen LogP contribution in [0.4, 0.5) is 0 Å². The molecule has 0 saturated heterocycles. The van der Waals surface area contributed by atoms with Crippen molar-refractivity contribution in [2.75, 3.05) is 0 Å².